The summed E-state index contributed by atoms with van der Waals surface area (Å²) in [5, 5.41) is 9.75. The number of fused-ring (bicyclic) bond motifs is 1. The molecule has 2 atom stereocenters. The van der Waals surface area contributed by atoms with E-state index in [4.69, 9.17) is 32.9 Å². The highest BCUT2D eigenvalue weighted by atomic mass is 35.5. The van der Waals surface area contributed by atoms with E-state index in [9.17, 15) is 9.59 Å². The van der Waals surface area contributed by atoms with Gasteiger partial charge in [-0.3, -0.25) is 9.59 Å². The van der Waals surface area contributed by atoms with E-state index in [0.29, 0.717) is 34.8 Å². The Morgan fingerprint density at radius 1 is 0.700 bits per heavy atom. The van der Waals surface area contributed by atoms with Gasteiger partial charge in [-0.05, 0) is 85.4 Å². The molecule has 2 aliphatic rings. The molecule has 0 radical (unpaired) electrons. The normalized spacial score (nSPS) is 17.3. The highest BCUT2D eigenvalue weighted by Gasteiger charge is 2.22. The van der Waals surface area contributed by atoms with Crippen LogP contribution in [-0.4, -0.2) is 36.0 Å². The van der Waals surface area contributed by atoms with Crippen molar-refractivity contribution in [3.8, 4) is 39.4 Å². The Morgan fingerprint density at radius 3 is 1.94 bits per heavy atom. The van der Waals surface area contributed by atoms with Crippen LogP contribution in [0.4, 0.5) is 0 Å². The number of methoxy groups -OCH3 is 1. The summed E-state index contributed by atoms with van der Waals surface area (Å²) in [6, 6.07) is 29.7. The molecule has 2 aliphatic heterocycles. The zero-order chi connectivity index (χ0) is 34.6. The molecule has 0 spiro atoms. The van der Waals surface area contributed by atoms with Crippen LogP contribution >= 0.6 is 23.2 Å². The Morgan fingerprint density at radius 2 is 1.30 bits per heavy atom. The van der Waals surface area contributed by atoms with Crippen molar-refractivity contribution in [2.75, 3.05) is 7.11 Å². The Hall–Kier alpha value is -4.39. The Balaban J connectivity index is 1.11. The monoisotopic (exact) mass is 705 g/mol. The number of nitrogens with zero attached hydrogens (tertiary/aromatic N) is 1. The van der Waals surface area contributed by atoms with Gasteiger partial charge < -0.3 is 15.4 Å². The molecule has 8 heteroatoms. The standard InChI is InChI=1S/C42H41Cl2N3O3/c1-50-42-27(9-4-12-31-20-24-39(49)46-31)18-22-37(47-42)36-16-6-15-35(41(36)44)34-14-5-13-33(40(34)43)29-17-21-32-26(7-2-10-28(32)25-29)8-3-11-30-19-23-38(48)45-30/h2,5-7,10,13-18,21-22,25,30-31H,3-4,8-9,11-12,19-20,23-24H2,1H3,(H,45,48)(H,46,49)/t30-,31-/m1/s1. The van der Waals surface area contributed by atoms with E-state index < -0.39 is 0 Å². The lowest BCUT2D eigenvalue weighted by Crippen LogP contribution is -2.25. The summed E-state index contributed by atoms with van der Waals surface area (Å²) in [6.07, 6.45) is 8.82. The highest BCUT2D eigenvalue weighted by Crippen LogP contribution is 2.43. The van der Waals surface area contributed by atoms with Crippen molar-refractivity contribution in [1.29, 1.82) is 0 Å². The molecular formula is C42H41Cl2N3O3. The fraction of sp³-hybridized carbons (Fsp3) is 0.310. The Kier molecular flexibility index (Phi) is 10.4. The second-order valence-corrected chi connectivity index (χ2v) is 14.2. The topological polar surface area (TPSA) is 80.3 Å². The summed E-state index contributed by atoms with van der Waals surface area (Å²) in [4.78, 5) is 28.0. The number of hydrogen-bond acceptors (Lipinski definition) is 4. The number of pyridine rings is 1. The molecule has 3 heterocycles. The first-order valence-corrected chi connectivity index (χ1v) is 18.4. The molecule has 50 heavy (non-hydrogen) atoms. The molecule has 2 N–H and O–H groups in total. The molecule has 1 aromatic heterocycles. The number of carbonyl (C=O) groups excluding carboxylic acids is 2. The van der Waals surface area contributed by atoms with Crippen molar-refractivity contribution in [3.05, 3.63) is 106 Å². The van der Waals surface area contributed by atoms with Crippen molar-refractivity contribution >= 4 is 45.8 Å². The SMILES string of the molecule is COc1nc(-c2cccc(-c3cccc(-c4ccc5c(CCC[C@@H]6CCC(=O)N6)cccc5c4)c3Cl)c2Cl)ccc1CCC[C@@H]1CCC(=O)N1. The number of halogens is 2. The van der Waals surface area contributed by atoms with Crippen LogP contribution in [-0.2, 0) is 22.4 Å². The first kappa shape index (κ1) is 34.1. The minimum atomic E-state index is 0.147. The maximum atomic E-state index is 11.6. The fourth-order valence-corrected chi connectivity index (χ4v) is 8.15. The molecule has 2 amide bonds. The molecule has 2 saturated heterocycles. The van der Waals surface area contributed by atoms with Crippen molar-refractivity contribution in [2.45, 2.75) is 76.3 Å². The molecule has 0 aliphatic carbocycles. The van der Waals surface area contributed by atoms with Crippen LogP contribution in [0.15, 0.2) is 84.9 Å². The van der Waals surface area contributed by atoms with Crippen molar-refractivity contribution in [3.63, 3.8) is 0 Å². The van der Waals surface area contributed by atoms with E-state index in [1.165, 1.54) is 16.3 Å². The van der Waals surface area contributed by atoms with Gasteiger partial charge in [0.15, 0.2) is 0 Å². The van der Waals surface area contributed by atoms with Crippen LogP contribution in [0.3, 0.4) is 0 Å². The number of aryl methyl sites for hydroxylation is 2. The predicted octanol–water partition coefficient (Wildman–Crippen LogP) is 9.75. The molecular weight excluding hydrogens is 665 g/mol. The van der Waals surface area contributed by atoms with Crippen molar-refractivity contribution in [2.24, 2.45) is 0 Å². The first-order valence-electron chi connectivity index (χ1n) is 17.6. The number of carbonyl (C=O) groups is 2. The second-order valence-electron chi connectivity index (χ2n) is 13.4. The number of ether oxygens (including phenoxy) is 1. The summed E-state index contributed by atoms with van der Waals surface area (Å²) < 4.78 is 5.71. The summed E-state index contributed by atoms with van der Waals surface area (Å²) in [5.74, 6) is 0.906. The largest absolute Gasteiger partial charge is 0.481 e. The zero-order valence-corrected chi connectivity index (χ0v) is 29.7. The molecule has 4 aromatic carbocycles. The molecule has 2 fully saturated rings. The van der Waals surface area contributed by atoms with E-state index in [1.54, 1.807) is 7.11 Å². The summed E-state index contributed by atoms with van der Waals surface area (Å²) >= 11 is 14.3. The van der Waals surface area contributed by atoms with Gasteiger partial charge >= 0.3 is 0 Å². The van der Waals surface area contributed by atoms with Gasteiger partial charge in [-0.25, -0.2) is 4.98 Å². The number of nitrogens with one attached hydrogen (secondary N) is 2. The molecule has 0 saturated carbocycles. The second kappa shape index (κ2) is 15.2. The van der Waals surface area contributed by atoms with Gasteiger partial charge in [0, 0.05) is 52.7 Å². The number of aromatic nitrogens is 1. The quantitative estimate of drug-likeness (QED) is 0.135. The van der Waals surface area contributed by atoms with Crippen LogP contribution in [0.2, 0.25) is 10.0 Å². The smallest absolute Gasteiger partial charge is 0.220 e. The maximum absolute atomic E-state index is 11.6. The van der Waals surface area contributed by atoms with Gasteiger partial charge in [0.05, 0.1) is 22.8 Å². The van der Waals surface area contributed by atoms with Gasteiger partial charge in [0.25, 0.3) is 0 Å². The average Bonchev–Trinajstić information content (AvgIpc) is 3.75. The lowest BCUT2D eigenvalue weighted by Gasteiger charge is -2.16. The van der Waals surface area contributed by atoms with Gasteiger partial charge in [0.1, 0.15) is 0 Å². The molecule has 5 aromatic rings. The number of amides is 2. The van der Waals surface area contributed by atoms with E-state index in [0.717, 1.165) is 90.4 Å². The van der Waals surface area contributed by atoms with Gasteiger partial charge in [-0.15, -0.1) is 0 Å². The lowest BCUT2D eigenvalue weighted by molar-refractivity contribution is -0.120. The number of rotatable bonds is 12. The fourth-order valence-electron chi connectivity index (χ4n) is 7.49. The van der Waals surface area contributed by atoms with Crippen molar-refractivity contribution < 1.29 is 14.3 Å². The van der Waals surface area contributed by atoms with Crippen LogP contribution in [0.1, 0.15) is 62.5 Å². The van der Waals surface area contributed by atoms with Gasteiger partial charge in [0.2, 0.25) is 17.7 Å². The zero-order valence-electron chi connectivity index (χ0n) is 28.2. The molecule has 0 bridgehead atoms. The Bertz CT molecular complexity index is 2060. The van der Waals surface area contributed by atoms with Crippen LogP contribution < -0.4 is 15.4 Å². The average molecular weight is 707 g/mol. The first-order chi connectivity index (χ1) is 24.4. The predicted molar refractivity (Wildman–Crippen MR) is 203 cm³/mol. The van der Waals surface area contributed by atoms with E-state index >= 15 is 0 Å². The molecule has 256 valence electrons. The number of benzene rings is 4. The third kappa shape index (κ3) is 7.38. The summed E-state index contributed by atoms with van der Waals surface area (Å²) in [7, 11) is 1.64. The van der Waals surface area contributed by atoms with Gasteiger partial charge in [-0.1, -0.05) is 96.0 Å². The van der Waals surface area contributed by atoms with Crippen LogP contribution in [0.25, 0.3) is 44.3 Å². The third-order valence-corrected chi connectivity index (χ3v) is 11.0. The minimum Gasteiger partial charge on any atom is -0.481 e. The third-order valence-electron chi connectivity index (χ3n) is 10.1. The molecule has 7 rings (SSSR count). The minimum absolute atomic E-state index is 0.147. The van der Waals surface area contributed by atoms with Gasteiger partial charge in [-0.2, -0.15) is 0 Å². The van der Waals surface area contributed by atoms with E-state index in [2.05, 4.69) is 59.2 Å². The van der Waals surface area contributed by atoms with E-state index in [-0.39, 0.29) is 17.9 Å². The van der Waals surface area contributed by atoms with Crippen LogP contribution in [0, 0.1) is 0 Å². The maximum Gasteiger partial charge on any atom is 0.220 e. The highest BCUT2D eigenvalue weighted by molar-refractivity contribution is 6.39. The van der Waals surface area contributed by atoms with Crippen LogP contribution in [0.5, 0.6) is 5.88 Å². The number of hydrogen-bond donors (Lipinski definition) is 2. The summed E-state index contributed by atoms with van der Waals surface area (Å²) in [6.45, 7) is 0. The molecule has 6 nitrogen and oxygen atoms in total. The van der Waals surface area contributed by atoms with E-state index in [1.807, 2.05) is 36.4 Å². The molecule has 0 unspecified atom stereocenters. The lowest BCUT2D eigenvalue weighted by atomic mass is 9.93. The van der Waals surface area contributed by atoms with Crippen molar-refractivity contribution in [1.82, 2.24) is 15.6 Å². The summed E-state index contributed by atoms with van der Waals surface area (Å²) in [5.41, 5.74) is 7.55. The Labute approximate surface area is 303 Å².